The van der Waals surface area contributed by atoms with Crippen molar-refractivity contribution < 1.29 is 4.43 Å². The van der Waals surface area contributed by atoms with Gasteiger partial charge in [0.15, 0.2) is 0 Å². The topological polar surface area (TPSA) is 9.23 Å². The third-order valence-electron chi connectivity index (χ3n) is 5.19. The Labute approximate surface area is 119 Å². The molecular weight excluding hydrogens is 236 g/mol. The second-order valence-electron chi connectivity index (χ2n) is 6.66. The van der Waals surface area contributed by atoms with Crippen molar-refractivity contribution in [2.45, 2.75) is 73.8 Å². The van der Waals surface area contributed by atoms with Crippen LogP contribution in [0.5, 0.6) is 0 Å². The maximum atomic E-state index is 6.31. The highest BCUT2D eigenvalue weighted by molar-refractivity contribution is 5.98. The lowest BCUT2D eigenvalue weighted by Crippen LogP contribution is -2.54. The van der Waals surface area contributed by atoms with Crippen LogP contribution in [0.3, 0.4) is 0 Å². The Bertz CT molecular complexity index is 207. The van der Waals surface area contributed by atoms with Crippen LogP contribution in [0.4, 0.5) is 0 Å². The van der Waals surface area contributed by atoms with Gasteiger partial charge in [0.05, 0.1) is 5.60 Å². The van der Waals surface area contributed by atoms with Crippen LogP contribution >= 0.6 is 0 Å². The van der Waals surface area contributed by atoms with Gasteiger partial charge in [-0.1, -0.05) is 68.2 Å². The minimum Gasteiger partial charge on any atom is -0.422 e. The van der Waals surface area contributed by atoms with Gasteiger partial charge in [0.25, 0.3) is 0 Å². The van der Waals surface area contributed by atoms with Gasteiger partial charge in [0.1, 0.15) is 10.5 Å². The summed E-state index contributed by atoms with van der Waals surface area (Å²) in [5.41, 5.74) is 0.0665. The van der Waals surface area contributed by atoms with Gasteiger partial charge in [-0.2, -0.15) is 0 Å². The Kier molecular flexibility index (Phi) is 7.77. The fourth-order valence-corrected chi connectivity index (χ4v) is 5.22. The molecule has 0 saturated heterocycles. The molecule has 2 heteroatoms. The fraction of sp³-hybridized carbons (Fsp3) is 1.00. The maximum absolute atomic E-state index is 6.31. The van der Waals surface area contributed by atoms with Gasteiger partial charge in [0, 0.05) is 0 Å². The molecule has 0 amide bonds. The van der Waals surface area contributed by atoms with Gasteiger partial charge in [-0.25, -0.2) is 0 Å². The van der Waals surface area contributed by atoms with Gasteiger partial charge in [-0.3, -0.25) is 0 Å². The van der Waals surface area contributed by atoms with E-state index in [0.29, 0.717) is 17.8 Å². The third kappa shape index (κ3) is 3.39. The van der Waals surface area contributed by atoms with Crippen LogP contribution in [-0.4, -0.2) is 16.1 Å². The Morgan fingerprint density at radius 1 is 0.833 bits per heavy atom. The number of hydrogen-bond donors (Lipinski definition) is 0. The van der Waals surface area contributed by atoms with Crippen molar-refractivity contribution in [2.24, 2.45) is 29.6 Å². The van der Waals surface area contributed by atoms with Crippen molar-refractivity contribution in [1.29, 1.82) is 0 Å². The summed E-state index contributed by atoms with van der Waals surface area (Å²) in [5, 5.41) is 0. The first-order valence-corrected chi connectivity index (χ1v) is 8.66. The molecule has 110 valence electrons. The Hall–Kier alpha value is 0.177. The van der Waals surface area contributed by atoms with E-state index in [1.54, 1.807) is 0 Å². The maximum Gasteiger partial charge on any atom is 0.146 e. The monoisotopic (exact) mass is 272 g/mol. The molecule has 0 aromatic carbocycles. The van der Waals surface area contributed by atoms with E-state index in [4.69, 9.17) is 4.43 Å². The molecule has 0 aromatic heterocycles. The van der Waals surface area contributed by atoms with Gasteiger partial charge >= 0.3 is 0 Å². The van der Waals surface area contributed by atoms with Crippen LogP contribution in [0, 0.1) is 29.6 Å². The zero-order valence-electron chi connectivity index (χ0n) is 14.2. The summed E-state index contributed by atoms with van der Waals surface area (Å²) >= 11 is 0. The molecule has 0 rings (SSSR count). The van der Waals surface area contributed by atoms with E-state index in [9.17, 15) is 0 Å². The fourth-order valence-electron chi connectivity index (χ4n) is 4.00. The Balaban J connectivity index is 5.60. The lowest BCUT2D eigenvalue weighted by molar-refractivity contribution is -0.105. The van der Waals surface area contributed by atoms with E-state index in [1.807, 2.05) is 0 Å². The average Bonchev–Trinajstić information content (AvgIpc) is 2.33. The van der Waals surface area contributed by atoms with Gasteiger partial charge in [-0.15, -0.1) is 0 Å². The second-order valence-corrected chi connectivity index (χ2v) is 7.07. The number of rotatable bonds is 8. The van der Waals surface area contributed by atoms with E-state index in [-0.39, 0.29) is 5.60 Å². The molecule has 0 N–H and O–H groups in total. The van der Waals surface area contributed by atoms with Crippen LogP contribution < -0.4 is 0 Å². The zero-order chi connectivity index (χ0) is 14.5. The van der Waals surface area contributed by atoms with Crippen molar-refractivity contribution in [3.05, 3.63) is 0 Å². The first-order valence-electron chi connectivity index (χ1n) is 7.84. The molecule has 0 heterocycles. The second kappa shape index (κ2) is 7.69. The van der Waals surface area contributed by atoms with E-state index < -0.39 is 0 Å². The van der Waals surface area contributed by atoms with E-state index in [1.165, 1.54) is 12.8 Å². The van der Waals surface area contributed by atoms with E-state index in [2.05, 4.69) is 55.4 Å². The predicted octanol–water partition coefficient (Wildman–Crippen LogP) is 4.04. The molecule has 0 radical (unpaired) electrons. The Morgan fingerprint density at radius 2 is 1.17 bits per heavy atom. The predicted molar refractivity (Wildman–Crippen MR) is 85.8 cm³/mol. The summed E-state index contributed by atoms with van der Waals surface area (Å²) in [6.07, 6.45) is 2.50. The highest BCUT2D eigenvalue weighted by Crippen LogP contribution is 2.46. The Morgan fingerprint density at radius 3 is 1.33 bits per heavy atom. The molecule has 1 nitrogen and oxygen atoms in total. The third-order valence-corrected chi connectivity index (χ3v) is 5.90. The highest BCUT2D eigenvalue weighted by Gasteiger charge is 2.47. The minimum absolute atomic E-state index is 0.0665. The van der Waals surface area contributed by atoms with Crippen molar-refractivity contribution in [3.8, 4) is 0 Å². The summed E-state index contributed by atoms with van der Waals surface area (Å²) in [5.74, 6) is 3.31. The minimum atomic E-state index is 0.0665. The standard InChI is InChI=1S/C16H36OSi/c1-9-13(7)15(14(8)10-2)16(17-18,11(3)4)12(5)6/h11-15H,9-10H2,1-8,18H3. The van der Waals surface area contributed by atoms with Crippen molar-refractivity contribution in [2.75, 3.05) is 0 Å². The normalized spacial score (nSPS) is 18.3. The average molecular weight is 273 g/mol. The van der Waals surface area contributed by atoms with Crippen LogP contribution in [0.2, 0.25) is 0 Å². The molecule has 0 saturated carbocycles. The smallest absolute Gasteiger partial charge is 0.146 e. The largest absolute Gasteiger partial charge is 0.422 e. The summed E-state index contributed by atoms with van der Waals surface area (Å²) < 4.78 is 6.31. The molecule has 2 atom stereocenters. The lowest BCUT2D eigenvalue weighted by atomic mass is 9.62. The molecule has 0 spiro atoms. The molecule has 0 fully saturated rings. The summed E-state index contributed by atoms with van der Waals surface area (Å²) in [6.45, 7) is 18.8. The first-order chi connectivity index (χ1) is 8.29. The molecule has 0 aliphatic rings. The molecule has 0 aliphatic carbocycles. The molecular formula is C16H36OSi. The zero-order valence-corrected chi connectivity index (χ0v) is 16.2. The molecule has 18 heavy (non-hydrogen) atoms. The van der Waals surface area contributed by atoms with Gasteiger partial charge in [-0.05, 0) is 29.6 Å². The van der Waals surface area contributed by atoms with Gasteiger partial charge < -0.3 is 4.43 Å². The quantitative estimate of drug-likeness (QED) is 0.606. The number of hydrogen-bond acceptors (Lipinski definition) is 1. The van der Waals surface area contributed by atoms with Crippen LogP contribution in [-0.2, 0) is 4.43 Å². The van der Waals surface area contributed by atoms with Crippen LogP contribution in [0.15, 0.2) is 0 Å². The molecule has 0 aliphatic heterocycles. The first kappa shape index (κ1) is 18.2. The van der Waals surface area contributed by atoms with Crippen molar-refractivity contribution in [3.63, 3.8) is 0 Å². The SMILES string of the molecule is CCC(C)C(C(C)CC)C(O[SiH3])(C(C)C)C(C)C. The highest BCUT2D eigenvalue weighted by atomic mass is 28.2. The van der Waals surface area contributed by atoms with E-state index in [0.717, 1.165) is 22.3 Å². The summed E-state index contributed by atoms with van der Waals surface area (Å²) in [4.78, 5) is 0. The molecule has 0 bridgehead atoms. The van der Waals surface area contributed by atoms with Crippen molar-refractivity contribution in [1.82, 2.24) is 0 Å². The lowest BCUT2D eigenvalue weighted by Gasteiger charge is -2.51. The van der Waals surface area contributed by atoms with Gasteiger partial charge in [0.2, 0.25) is 0 Å². The molecule has 0 aromatic rings. The van der Waals surface area contributed by atoms with Crippen LogP contribution in [0.1, 0.15) is 68.2 Å². The van der Waals surface area contributed by atoms with Crippen molar-refractivity contribution >= 4 is 10.5 Å². The molecule has 2 unspecified atom stereocenters. The van der Waals surface area contributed by atoms with E-state index >= 15 is 0 Å². The summed E-state index contributed by atoms with van der Waals surface area (Å²) in [7, 11) is 0.836. The summed E-state index contributed by atoms with van der Waals surface area (Å²) in [6, 6.07) is 0. The van der Waals surface area contributed by atoms with Crippen LogP contribution in [0.25, 0.3) is 0 Å².